The van der Waals surface area contributed by atoms with Crippen LogP contribution >= 0.6 is 27.5 Å². The Hall–Kier alpha value is -1.36. The SMILES string of the molecule is O=C(NCC1Cc2ccccc2CO1)c1cc(Br)ccc1Cl. The van der Waals surface area contributed by atoms with Crippen molar-refractivity contribution in [1.29, 1.82) is 0 Å². The number of benzene rings is 2. The molecule has 0 bridgehead atoms. The summed E-state index contributed by atoms with van der Waals surface area (Å²) < 4.78 is 6.61. The van der Waals surface area contributed by atoms with E-state index in [9.17, 15) is 4.79 Å². The fraction of sp³-hybridized carbons (Fsp3) is 0.235. The largest absolute Gasteiger partial charge is 0.371 e. The van der Waals surface area contributed by atoms with Gasteiger partial charge in [0.1, 0.15) is 0 Å². The van der Waals surface area contributed by atoms with Gasteiger partial charge in [-0.15, -0.1) is 0 Å². The summed E-state index contributed by atoms with van der Waals surface area (Å²) in [5.74, 6) is -0.186. The van der Waals surface area contributed by atoms with Crippen molar-refractivity contribution in [3.8, 4) is 0 Å². The number of hydrogen-bond acceptors (Lipinski definition) is 2. The van der Waals surface area contributed by atoms with Gasteiger partial charge in [0.25, 0.3) is 5.91 Å². The van der Waals surface area contributed by atoms with Gasteiger partial charge in [-0.25, -0.2) is 0 Å². The van der Waals surface area contributed by atoms with Crippen molar-refractivity contribution in [3.63, 3.8) is 0 Å². The van der Waals surface area contributed by atoms with Gasteiger partial charge >= 0.3 is 0 Å². The fourth-order valence-electron chi connectivity index (χ4n) is 2.51. The smallest absolute Gasteiger partial charge is 0.252 e. The van der Waals surface area contributed by atoms with Crippen molar-refractivity contribution in [2.24, 2.45) is 0 Å². The second-order valence-electron chi connectivity index (χ2n) is 5.24. The summed E-state index contributed by atoms with van der Waals surface area (Å²) in [5, 5.41) is 3.34. The van der Waals surface area contributed by atoms with Crippen molar-refractivity contribution in [2.75, 3.05) is 6.54 Å². The molecule has 5 heteroatoms. The van der Waals surface area contributed by atoms with Gasteiger partial charge in [-0.3, -0.25) is 4.79 Å². The van der Waals surface area contributed by atoms with Gasteiger partial charge < -0.3 is 10.1 Å². The third-order valence-corrected chi connectivity index (χ3v) is 4.53. The van der Waals surface area contributed by atoms with Gasteiger partial charge in [0.2, 0.25) is 0 Å². The highest BCUT2D eigenvalue weighted by atomic mass is 79.9. The van der Waals surface area contributed by atoms with Gasteiger partial charge in [-0.1, -0.05) is 51.8 Å². The maximum atomic E-state index is 12.2. The van der Waals surface area contributed by atoms with Crippen molar-refractivity contribution < 1.29 is 9.53 Å². The molecule has 1 aliphatic rings. The van der Waals surface area contributed by atoms with E-state index in [1.165, 1.54) is 11.1 Å². The average molecular weight is 381 g/mol. The van der Waals surface area contributed by atoms with Crippen LogP contribution < -0.4 is 5.32 Å². The molecule has 22 heavy (non-hydrogen) atoms. The molecule has 114 valence electrons. The van der Waals surface area contributed by atoms with Crippen LogP contribution in [0.3, 0.4) is 0 Å². The summed E-state index contributed by atoms with van der Waals surface area (Å²) in [6, 6.07) is 13.5. The molecule has 1 atom stereocenters. The normalized spacial score (nSPS) is 16.9. The molecule has 1 aliphatic heterocycles. The lowest BCUT2D eigenvalue weighted by molar-refractivity contribution is 0.0285. The minimum Gasteiger partial charge on any atom is -0.371 e. The first-order valence-electron chi connectivity index (χ1n) is 7.05. The number of hydrogen-bond donors (Lipinski definition) is 1. The predicted octanol–water partition coefficient (Wildman–Crippen LogP) is 3.97. The lowest BCUT2D eigenvalue weighted by Gasteiger charge is -2.25. The van der Waals surface area contributed by atoms with E-state index < -0.39 is 0 Å². The molecule has 0 spiro atoms. The third kappa shape index (κ3) is 3.51. The van der Waals surface area contributed by atoms with Crippen molar-refractivity contribution >= 4 is 33.4 Å². The maximum absolute atomic E-state index is 12.2. The van der Waals surface area contributed by atoms with E-state index in [-0.39, 0.29) is 12.0 Å². The van der Waals surface area contributed by atoms with Gasteiger partial charge in [0.15, 0.2) is 0 Å². The molecule has 2 aromatic rings. The number of fused-ring (bicyclic) bond motifs is 1. The van der Waals surface area contributed by atoms with Crippen molar-refractivity contribution in [3.05, 3.63) is 68.7 Å². The molecule has 1 amide bonds. The Morgan fingerprint density at radius 1 is 1.27 bits per heavy atom. The third-order valence-electron chi connectivity index (χ3n) is 3.70. The number of nitrogens with one attached hydrogen (secondary N) is 1. The summed E-state index contributed by atoms with van der Waals surface area (Å²) in [7, 11) is 0. The summed E-state index contributed by atoms with van der Waals surface area (Å²) in [4.78, 5) is 12.2. The summed E-state index contributed by atoms with van der Waals surface area (Å²) in [6.07, 6.45) is 0.799. The highest BCUT2D eigenvalue weighted by Crippen LogP contribution is 2.22. The molecule has 0 aliphatic carbocycles. The van der Waals surface area contributed by atoms with E-state index in [1.54, 1.807) is 18.2 Å². The number of rotatable bonds is 3. The van der Waals surface area contributed by atoms with Crippen LogP contribution in [0.25, 0.3) is 0 Å². The van der Waals surface area contributed by atoms with Crippen molar-refractivity contribution in [2.45, 2.75) is 19.1 Å². The Kier molecular flexibility index (Phi) is 4.81. The second kappa shape index (κ2) is 6.82. The first-order valence-corrected chi connectivity index (χ1v) is 8.22. The Labute approximate surface area is 142 Å². The first kappa shape index (κ1) is 15.5. The van der Waals surface area contributed by atoms with Gasteiger partial charge in [-0.2, -0.15) is 0 Å². The molecule has 0 fully saturated rings. The number of carbonyl (C=O) groups excluding carboxylic acids is 1. The quantitative estimate of drug-likeness (QED) is 0.875. The molecule has 0 saturated carbocycles. The molecule has 0 aromatic heterocycles. The van der Waals surface area contributed by atoms with Gasteiger partial charge in [0, 0.05) is 17.4 Å². The molecule has 1 heterocycles. The lowest BCUT2D eigenvalue weighted by atomic mass is 9.99. The Bertz CT molecular complexity index is 705. The van der Waals surface area contributed by atoms with Crippen LogP contribution in [0.2, 0.25) is 5.02 Å². The van der Waals surface area contributed by atoms with Crippen LogP contribution in [0.1, 0.15) is 21.5 Å². The predicted molar refractivity (Wildman–Crippen MR) is 90.2 cm³/mol. The second-order valence-corrected chi connectivity index (χ2v) is 6.56. The maximum Gasteiger partial charge on any atom is 0.252 e. The molecule has 1 unspecified atom stereocenters. The van der Waals surface area contributed by atoms with E-state index >= 15 is 0 Å². The van der Waals surface area contributed by atoms with Crippen LogP contribution in [0.5, 0.6) is 0 Å². The Balaban J connectivity index is 1.61. The summed E-state index contributed by atoms with van der Waals surface area (Å²) in [5.41, 5.74) is 2.97. The average Bonchev–Trinajstić information content (AvgIpc) is 2.54. The zero-order chi connectivity index (χ0) is 15.5. The Morgan fingerprint density at radius 3 is 2.86 bits per heavy atom. The molecule has 0 radical (unpaired) electrons. The van der Waals surface area contributed by atoms with E-state index in [2.05, 4.69) is 33.4 Å². The molecule has 1 N–H and O–H groups in total. The van der Waals surface area contributed by atoms with Crippen LogP contribution in [-0.4, -0.2) is 18.6 Å². The van der Waals surface area contributed by atoms with Crippen LogP contribution in [-0.2, 0) is 17.8 Å². The Morgan fingerprint density at radius 2 is 2.05 bits per heavy atom. The standard InChI is InChI=1S/C17H15BrClNO2/c18-13-5-6-16(19)15(8-13)17(21)20-9-14-7-11-3-1-2-4-12(11)10-22-14/h1-6,8,14H,7,9-10H2,(H,20,21). The fourth-order valence-corrected chi connectivity index (χ4v) is 3.08. The van der Waals surface area contributed by atoms with E-state index in [0.717, 1.165) is 10.9 Å². The van der Waals surface area contributed by atoms with E-state index in [1.807, 2.05) is 12.1 Å². The number of halogens is 2. The molecular formula is C17H15BrClNO2. The lowest BCUT2D eigenvalue weighted by Crippen LogP contribution is -2.36. The minimum atomic E-state index is -0.186. The highest BCUT2D eigenvalue weighted by molar-refractivity contribution is 9.10. The van der Waals surface area contributed by atoms with Gasteiger partial charge in [-0.05, 0) is 29.3 Å². The zero-order valence-electron chi connectivity index (χ0n) is 11.8. The number of ether oxygens (including phenoxy) is 1. The minimum absolute atomic E-state index is 0.00946. The molecule has 3 nitrogen and oxygen atoms in total. The first-order chi connectivity index (χ1) is 10.6. The number of amides is 1. The molecular weight excluding hydrogens is 366 g/mol. The summed E-state index contributed by atoms with van der Waals surface area (Å²) in [6.45, 7) is 1.06. The molecule has 0 saturated heterocycles. The van der Waals surface area contributed by atoms with Crippen LogP contribution in [0.4, 0.5) is 0 Å². The highest BCUT2D eigenvalue weighted by Gasteiger charge is 2.20. The topological polar surface area (TPSA) is 38.3 Å². The van der Waals surface area contributed by atoms with Crippen molar-refractivity contribution in [1.82, 2.24) is 5.32 Å². The van der Waals surface area contributed by atoms with Gasteiger partial charge in [0.05, 0.1) is 23.3 Å². The number of carbonyl (C=O) groups is 1. The molecule has 2 aromatic carbocycles. The van der Waals surface area contributed by atoms with E-state index in [4.69, 9.17) is 16.3 Å². The summed E-state index contributed by atoms with van der Waals surface area (Å²) >= 11 is 9.41. The monoisotopic (exact) mass is 379 g/mol. The van der Waals surface area contributed by atoms with E-state index in [0.29, 0.717) is 23.7 Å². The van der Waals surface area contributed by atoms with Crippen LogP contribution in [0.15, 0.2) is 46.9 Å². The van der Waals surface area contributed by atoms with Crippen LogP contribution in [0, 0.1) is 0 Å². The zero-order valence-corrected chi connectivity index (χ0v) is 14.2. The molecule has 3 rings (SSSR count).